The van der Waals surface area contributed by atoms with Gasteiger partial charge >= 0.3 is 0 Å². The fourth-order valence-corrected chi connectivity index (χ4v) is 2.35. The number of nitrogens with one attached hydrogen (secondary N) is 1. The summed E-state index contributed by atoms with van der Waals surface area (Å²) >= 11 is 0. The fourth-order valence-electron chi connectivity index (χ4n) is 2.35. The Balaban J connectivity index is 0.00000200. The van der Waals surface area contributed by atoms with Gasteiger partial charge in [0, 0.05) is 33.1 Å². The molecule has 1 saturated heterocycles. The van der Waals surface area contributed by atoms with Gasteiger partial charge in [-0.3, -0.25) is 4.99 Å². The summed E-state index contributed by atoms with van der Waals surface area (Å²) in [5, 5.41) is 7.13. The van der Waals surface area contributed by atoms with Crippen molar-refractivity contribution in [3.8, 4) is 0 Å². The molecule has 1 aliphatic rings. The Morgan fingerprint density at radius 1 is 1.50 bits per heavy atom. The number of aryl methyl sites for hydroxylation is 1. The minimum atomic E-state index is 0. The molecule has 2 heterocycles. The molecule has 0 atom stereocenters. The number of rotatable bonds is 3. The van der Waals surface area contributed by atoms with Crippen molar-refractivity contribution >= 4 is 29.9 Å². The fraction of sp³-hybridized carbons (Fsp3) is 0.769. The predicted molar refractivity (Wildman–Crippen MR) is 89.5 cm³/mol. The minimum absolute atomic E-state index is 0. The van der Waals surface area contributed by atoms with Gasteiger partial charge in [0.15, 0.2) is 11.8 Å². The van der Waals surface area contributed by atoms with Crippen LogP contribution in [0.3, 0.4) is 0 Å². The van der Waals surface area contributed by atoms with E-state index in [2.05, 4.69) is 39.2 Å². The van der Waals surface area contributed by atoms with Crippen molar-refractivity contribution in [1.82, 2.24) is 20.4 Å². The highest BCUT2D eigenvalue weighted by Crippen LogP contribution is 2.28. The Labute approximate surface area is 137 Å². The summed E-state index contributed by atoms with van der Waals surface area (Å²) < 4.78 is 5.08. The minimum Gasteiger partial charge on any atom is -0.356 e. The molecule has 20 heavy (non-hydrogen) atoms. The second kappa shape index (κ2) is 7.24. The van der Waals surface area contributed by atoms with Crippen LogP contribution in [0.1, 0.15) is 32.0 Å². The molecule has 0 saturated carbocycles. The number of aliphatic imine (C=N–C) groups is 1. The first kappa shape index (κ1) is 17.2. The molecule has 1 N–H and O–H groups in total. The van der Waals surface area contributed by atoms with Gasteiger partial charge in [-0.1, -0.05) is 19.0 Å². The van der Waals surface area contributed by atoms with Gasteiger partial charge in [0.05, 0.1) is 0 Å². The second-order valence-electron chi connectivity index (χ2n) is 5.80. The lowest BCUT2D eigenvalue weighted by atomic mass is 9.93. The smallest absolute Gasteiger partial charge is 0.228 e. The monoisotopic (exact) mass is 393 g/mol. The maximum atomic E-state index is 5.08. The first-order valence-corrected chi connectivity index (χ1v) is 6.75. The lowest BCUT2D eigenvalue weighted by Crippen LogP contribution is -2.41. The van der Waals surface area contributed by atoms with Gasteiger partial charge in [-0.2, -0.15) is 4.98 Å². The van der Waals surface area contributed by atoms with E-state index >= 15 is 0 Å². The van der Waals surface area contributed by atoms with Crippen LogP contribution < -0.4 is 5.32 Å². The van der Waals surface area contributed by atoms with E-state index in [1.54, 1.807) is 0 Å². The van der Waals surface area contributed by atoms with Crippen molar-refractivity contribution in [3.63, 3.8) is 0 Å². The SMILES string of the molecule is CN=C(NCCc1nc(C)no1)N1CCC(C)(C)C1.I. The van der Waals surface area contributed by atoms with E-state index in [9.17, 15) is 0 Å². The van der Waals surface area contributed by atoms with E-state index in [1.807, 2.05) is 14.0 Å². The van der Waals surface area contributed by atoms with Gasteiger partial charge in [-0.25, -0.2) is 0 Å². The summed E-state index contributed by atoms with van der Waals surface area (Å²) in [5.41, 5.74) is 0.376. The zero-order valence-corrected chi connectivity index (χ0v) is 15.0. The van der Waals surface area contributed by atoms with Gasteiger partial charge in [0.25, 0.3) is 0 Å². The van der Waals surface area contributed by atoms with Crippen molar-refractivity contribution in [3.05, 3.63) is 11.7 Å². The molecule has 2 rings (SSSR count). The Morgan fingerprint density at radius 2 is 2.25 bits per heavy atom. The molecule has 0 amide bonds. The summed E-state index contributed by atoms with van der Waals surface area (Å²) in [6.45, 7) is 9.28. The first-order valence-electron chi connectivity index (χ1n) is 6.75. The van der Waals surface area contributed by atoms with E-state index < -0.39 is 0 Å². The third kappa shape index (κ3) is 4.60. The molecule has 0 spiro atoms. The van der Waals surface area contributed by atoms with Crippen LogP contribution in [-0.4, -0.2) is 47.7 Å². The van der Waals surface area contributed by atoms with Gasteiger partial charge in [-0.05, 0) is 18.8 Å². The molecular formula is C13H24IN5O. The quantitative estimate of drug-likeness (QED) is 0.482. The van der Waals surface area contributed by atoms with Gasteiger partial charge in [0.1, 0.15) is 0 Å². The summed E-state index contributed by atoms with van der Waals surface area (Å²) in [7, 11) is 1.82. The number of hydrogen-bond donors (Lipinski definition) is 1. The highest BCUT2D eigenvalue weighted by Gasteiger charge is 2.30. The normalized spacial score (nSPS) is 18.0. The van der Waals surface area contributed by atoms with E-state index in [4.69, 9.17) is 4.52 Å². The van der Waals surface area contributed by atoms with Crippen molar-refractivity contribution in [2.45, 2.75) is 33.6 Å². The summed E-state index contributed by atoms with van der Waals surface area (Å²) in [4.78, 5) is 10.8. The van der Waals surface area contributed by atoms with Crippen LogP contribution in [-0.2, 0) is 6.42 Å². The van der Waals surface area contributed by atoms with Gasteiger partial charge in [0.2, 0.25) is 5.89 Å². The standard InChI is InChI=1S/C13H23N5O.HI/c1-10-16-11(19-17-10)5-7-15-12(14-4)18-8-6-13(2,3)9-18;/h5-9H2,1-4H3,(H,14,15);1H. The molecular weight excluding hydrogens is 369 g/mol. The van der Waals surface area contributed by atoms with E-state index in [0.717, 1.165) is 32.0 Å². The average Bonchev–Trinajstić information content (AvgIpc) is 2.91. The predicted octanol–water partition coefficient (Wildman–Crippen LogP) is 1.85. The highest BCUT2D eigenvalue weighted by molar-refractivity contribution is 14.0. The van der Waals surface area contributed by atoms with Gasteiger partial charge in [-0.15, -0.1) is 24.0 Å². The summed E-state index contributed by atoms with van der Waals surface area (Å²) in [6, 6.07) is 0. The van der Waals surface area contributed by atoms with Crippen LogP contribution in [0.5, 0.6) is 0 Å². The summed E-state index contributed by atoms with van der Waals surface area (Å²) in [5.74, 6) is 2.31. The number of likely N-dealkylation sites (tertiary alicyclic amines) is 1. The van der Waals surface area contributed by atoms with Crippen LogP contribution in [0, 0.1) is 12.3 Å². The van der Waals surface area contributed by atoms with Crippen LogP contribution in [0.2, 0.25) is 0 Å². The Hall–Kier alpha value is -0.860. The van der Waals surface area contributed by atoms with Crippen LogP contribution >= 0.6 is 24.0 Å². The number of halogens is 1. The molecule has 0 unspecified atom stereocenters. The third-order valence-electron chi connectivity index (χ3n) is 3.38. The zero-order valence-electron chi connectivity index (χ0n) is 12.6. The van der Waals surface area contributed by atoms with E-state index in [0.29, 0.717) is 17.1 Å². The second-order valence-corrected chi connectivity index (χ2v) is 5.80. The molecule has 114 valence electrons. The number of nitrogens with zero attached hydrogens (tertiary/aromatic N) is 4. The molecule has 7 heteroatoms. The van der Waals surface area contributed by atoms with Crippen molar-refractivity contribution in [2.75, 3.05) is 26.7 Å². The molecule has 1 aliphatic heterocycles. The van der Waals surface area contributed by atoms with E-state index in [1.165, 1.54) is 6.42 Å². The van der Waals surface area contributed by atoms with Crippen molar-refractivity contribution in [1.29, 1.82) is 0 Å². The Morgan fingerprint density at radius 3 is 2.75 bits per heavy atom. The van der Waals surface area contributed by atoms with Crippen molar-refractivity contribution in [2.24, 2.45) is 10.4 Å². The molecule has 0 bridgehead atoms. The molecule has 0 aliphatic carbocycles. The Bertz CT molecular complexity index is 457. The summed E-state index contributed by atoms with van der Waals surface area (Å²) in [6.07, 6.45) is 1.92. The van der Waals surface area contributed by atoms with Crippen molar-refractivity contribution < 1.29 is 4.52 Å². The maximum Gasteiger partial charge on any atom is 0.228 e. The van der Waals surface area contributed by atoms with Crippen LogP contribution in [0.4, 0.5) is 0 Å². The first-order chi connectivity index (χ1) is 9.00. The Kier molecular flexibility index (Phi) is 6.22. The molecule has 1 fully saturated rings. The average molecular weight is 393 g/mol. The van der Waals surface area contributed by atoms with E-state index in [-0.39, 0.29) is 24.0 Å². The molecule has 6 nitrogen and oxygen atoms in total. The number of aromatic nitrogens is 2. The number of guanidine groups is 1. The lowest BCUT2D eigenvalue weighted by molar-refractivity contribution is 0.365. The van der Waals surface area contributed by atoms with Crippen LogP contribution in [0.25, 0.3) is 0 Å². The molecule has 0 radical (unpaired) electrons. The van der Waals surface area contributed by atoms with Crippen LogP contribution in [0.15, 0.2) is 9.52 Å². The maximum absolute atomic E-state index is 5.08. The third-order valence-corrected chi connectivity index (χ3v) is 3.38. The molecule has 0 aromatic carbocycles. The zero-order chi connectivity index (χ0) is 13.9. The van der Waals surface area contributed by atoms with Gasteiger partial charge < -0.3 is 14.7 Å². The topological polar surface area (TPSA) is 66.5 Å². The largest absolute Gasteiger partial charge is 0.356 e. The lowest BCUT2D eigenvalue weighted by Gasteiger charge is -2.23. The molecule has 1 aromatic heterocycles. The number of hydrogen-bond acceptors (Lipinski definition) is 4. The highest BCUT2D eigenvalue weighted by atomic mass is 127. The molecule has 1 aromatic rings.